The van der Waals surface area contributed by atoms with Crippen LogP contribution in [0, 0.1) is 0 Å². The molecule has 0 bridgehead atoms. The Morgan fingerprint density at radius 3 is 2.25 bits per heavy atom. The van der Waals surface area contributed by atoms with Crippen molar-refractivity contribution in [1.82, 2.24) is 0 Å². The fourth-order valence-electron chi connectivity index (χ4n) is 0.664. The topological polar surface area (TPSA) is 37.3 Å². The van der Waals surface area contributed by atoms with E-state index in [1.165, 1.54) is 0 Å². The fourth-order valence-corrected chi connectivity index (χ4v) is 0.866. The smallest absolute Gasteiger partial charge is 0.332 e. The molecule has 0 atom stereocenters. The summed E-state index contributed by atoms with van der Waals surface area (Å²) in [6, 6.07) is 0. The van der Waals surface area contributed by atoms with Gasteiger partial charge < -0.3 is 9.59 Å². The number of quaternary nitrogens is 1. The van der Waals surface area contributed by atoms with E-state index >= 15 is 0 Å². The van der Waals surface area contributed by atoms with Gasteiger partial charge >= 0.3 is 5.97 Å². The van der Waals surface area contributed by atoms with Crippen molar-refractivity contribution in [3.63, 3.8) is 0 Å². The molecule has 0 aromatic rings. The van der Waals surface area contributed by atoms with E-state index in [4.69, 9.17) is 16.7 Å². The van der Waals surface area contributed by atoms with Crippen LogP contribution in [-0.4, -0.2) is 43.2 Å². The molecule has 0 fully saturated rings. The van der Waals surface area contributed by atoms with Gasteiger partial charge in [0, 0.05) is 12.0 Å². The Labute approximate surface area is 77.8 Å². The minimum atomic E-state index is -0.932. The van der Waals surface area contributed by atoms with E-state index in [1.807, 2.05) is 21.1 Å². The normalized spacial score (nSPS) is 13.2. The van der Waals surface area contributed by atoms with Crippen LogP contribution in [0.2, 0.25) is 0 Å². The molecule has 3 nitrogen and oxygen atoms in total. The van der Waals surface area contributed by atoms with Crippen molar-refractivity contribution in [3.05, 3.63) is 11.1 Å². The van der Waals surface area contributed by atoms with Crippen LogP contribution in [0.4, 0.5) is 0 Å². The Balaban J connectivity index is 4.00. The molecule has 4 heteroatoms. The minimum absolute atomic E-state index is 0.268. The number of carbonyl (C=O) groups is 1. The lowest BCUT2D eigenvalue weighted by molar-refractivity contribution is -0.870. The Kier molecular flexibility index (Phi) is 4.28. The number of carboxylic acid groups (broad SMARTS) is 1. The number of aliphatic carboxylic acids is 1. The van der Waals surface area contributed by atoms with Crippen LogP contribution < -0.4 is 0 Å². The summed E-state index contributed by atoms with van der Waals surface area (Å²) in [6.45, 7) is 0.769. The zero-order chi connectivity index (χ0) is 9.78. The maximum Gasteiger partial charge on any atom is 0.332 e. The van der Waals surface area contributed by atoms with E-state index in [2.05, 4.69) is 0 Å². The molecule has 0 aliphatic heterocycles. The highest BCUT2D eigenvalue weighted by atomic mass is 35.5. The van der Waals surface area contributed by atoms with Gasteiger partial charge in [-0.3, -0.25) is 0 Å². The van der Waals surface area contributed by atoms with Crippen molar-refractivity contribution in [1.29, 1.82) is 0 Å². The van der Waals surface area contributed by atoms with Gasteiger partial charge in [-0.15, -0.1) is 0 Å². The summed E-state index contributed by atoms with van der Waals surface area (Å²) >= 11 is 5.34. The molecule has 0 aliphatic carbocycles. The first-order valence-corrected chi connectivity index (χ1v) is 4.13. The van der Waals surface area contributed by atoms with Crippen LogP contribution >= 0.6 is 11.6 Å². The molecule has 0 rings (SSSR count). The van der Waals surface area contributed by atoms with E-state index in [-0.39, 0.29) is 5.57 Å². The van der Waals surface area contributed by atoms with E-state index in [1.54, 1.807) is 0 Å². The quantitative estimate of drug-likeness (QED) is 0.539. The largest absolute Gasteiger partial charge is 0.478 e. The Morgan fingerprint density at radius 2 is 2.00 bits per heavy atom. The number of halogens is 1. The van der Waals surface area contributed by atoms with Gasteiger partial charge in [-0.05, 0) is 0 Å². The third-order valence-electron chi connectivity index (χ3n) is 1.46. The summed E-state index contributed by atoms with van der Waals surface area (Å²) in [7, 11) is 6.02. The molecule has 0 radical (unpaired) electrons. The first-order chi connectivity index (χ1) is 5.37. The van der Waals surface area contributed by atoms with E-state index in [0.717, 1.165) is 16.6 Å². The number of nitrogens with zero attached hydrogens (tertiary/aromatic N) is 1. The third-order valence-corrected chi connectivity index (χ3v) is 1.72. The van der Waals surface area contributed by atoms with Gasteiger partial charge in [0.2, 0.25) is 0 Å². The van der Waals surface area contributed by atoms with Crippen molar-refractivity contribution in [2.24, 2.45) is 0 Å². The fraction of sp³-hybridized carbons (Fsp3) is 0.625. The maximum absolute atomic E-state index is 10.5. The maximum atomic E-state index is 10.5. The van der Waals surface area contributed by atoms with Crippen molar-refractivity contribution < 1.29 is 14.4 Å². The number of hydrogen-bond donors (Lipinski definition) is 1. The zero-order valence-electron chi connectivity index (χ0n) is 7.67. The van der Waals surface area contributed by atoms with Crippen LogP contribution in [0.1, 0.15) is 6.42 Å². The standard InChI is InChI=1S/C8H14ClNO2/c1-10(2,3)5-4-7(6-9)8(11)12/h6H,4-5H2,1-3H3/p+1. The molecule has 0 aliphatic rings. The van der Waals surface area contributed by atoms with E-state index in [0.29, 0.717) is 6.42 Å². The minimum Gasteiger partial charge on any atom is -0.478 e. The summed E-state index contributed by atoms with van der Waals surface area (Å²) in [5, 5.41) is 8.61. The molecule has 0 amide bonds. The lowest BCUT2D eigenvalue weighted by Gasteiger charge is -2.23. The van der Waals surface area contributed by atoms with Gasteiger partial charge in [-0.2, -0.15) is 0 Å². The molecule has 0 spiro atoms. The van der Waals surface area contributed by atoms with Crippen LogP contribution in [0.5, 0.6) is 0 Å². The lowest BCUT2D eigenvalue weighted by atomic mass is 10.2. The second-order valence-corrected chi connectivity index (χ2v) is 3.92. The SMILES string of the molecule is C[N+](C)(C)CCC(=CCl)C(=O)O. The predicted octanol–water partition coefficient (Wildman–Crippen LogP) is 1.29. The van der Waals surface area contributed by atoms with Gasteiger partial charge in [0.1, 0.15) is 0 Å². The summed E-state index contributed by atoms with van der Waals surface area (Å²) < 4.78 is 0.738. The molecule has 0 saturated carbocycles. The van der Waals surface area contributed by atoms with Crippen LogP contribution in [-0.2, 0) is 4.79 Å². The first kappa shape index (κ1) is 11.5. The first-order valence-electron chi connectivity index (χ1n) is 3.70. The summed E-state index contributed by atoms with van der Waals surface area (Å²) in [6.07, 6.45) is 0.502. The van der Waals surface area contributed by atoms with Gasteiger partial charge in [0.05, 0.1) is 33.3 Å². The highest BCUT2D eigenvalue weighted by molar-refractivity contribution is 6.27. The average Bonchev–Trinajstić information content (AvgIpc) is 1.85. The van der Waals surface area contributed by atoms with Crippen molar-refractivity contribution in [2.45, 2.75) is 6.42 Å². The van der Waals surface area contributed by atoms with Crippen LogP contribution in [0.3, 0.4) is 0 Å². The predicted molar refractivity (Wildman–Crippen MR) is 49.1 cm³/mol. The van der Waals surface area contributed by atoms with Crippen molar-refractivity contribution in [2.75, 3.05) is 27.7 Å². The molecule has 0 aromatic carbocycles. The highest BCUT2D eigenvalue weighted by Gasteiger charge is 2.12. The molecule has 1 N–H and O–H groups in total. The van der Waals surface area contributed by atoms with Crippen molar-refractivity contribution in [3.8, 4) is 0 Å². The van der Waals surface area contributed by atoms with E-state index in [9.17, 15) is 4.79 Å². The molecule has 0 unspecified atom stereocenters. The Bertz CT molecular complexity index is 194. The molecule has 12 heavy (non-hydrogen) atoms. The van der Waals surface area contributed by atoms with Gasteiger partial charge in [-0.25, -0.2) is 4.79 Å². The number of carboxylic acids is 1. The van der Waals surface area contributed by atoms with Gasteiger partial charge in [0.25, 0.3) is 0 Å². The Morgan fingerprint density at radius 1 is 1.50 bits per heavy atom. The summed E-state index contributed by atoms with van der Waals surface area (Å²) in [4.78, 5) is 10.5. The zero-order valence-corrected chi connectivity index (χ0v) is 8.43. The number of rotatable bonds is 4. The van der Waals surface area contributed by atoms with Gasteiger partial charge in [0.15, 0.2) is 0 Å². The lowest BCUT2D eigenvalue weighted by Crippen LogP contribution is -2.35. The van der Waals surface area contributed by atoms with Gasteiger partial charge in [-0.1, -0.05) is 11.6 Å². The van der Waals surface area contributed by atoms with Crippen LogP contribution in [0.15, 0.2) is 11.1 Å². The second kappa shape index (κ2) is 4.48. The molecule has 70 valence electrons. The second-order valence-electron chi connectivity index (χ2n) is 3.70. The monoisotopic (exact) mass is 192 g/mol. The summed E-state index contributed by atoms with van der Waals surface area (Å²) in [5.74, 6) is -0.932. The third kappa shape index (κ3) is 5.16. The molecule has 0 saturated heterocycles. The Hall–Kier alpha value is -0.540. The summed E-state index contributed by atoms with van der Waals surface area (Å²) in [5.41, 5.74) is 1.41. The van der Waals surface area contributed by atoms with Crippen molar-refractivity contribution >= 4 is 17.6 Å². The van der Waals surface area contributed by atoms with E-state index < -0.39 is 5.97 Å². The molecular weight excluding hydrogens is 178 g/mol. The highest BCUT2D eigenvalue weighted by Crippen LogP contribution is 2.06. The number of hydrogen-bond acceptors (Lipinski definition) is 1. The average molecular weight is 193 g/mol. The molecular formula is C8H15ClNO2+. The molecule has 0 heterocycles. The molecule has 0 aromatic heterocycles. The van der Waals surface area contributed by atoms with Crippen LogP contribution in [0.25, 0.3) is 0 Å².